The van der Waals surface area contributed by atoms with Gasteiger partial charge in [-0.25, -0.2) is 8.93 Å². The van der Waals surface area contributed by atoms with Crippen LogP contribution in [0.25, 0.3) is 0 Å². The summed E-state index contributed by atoms with van der Waals surface area (Å²) in [6.07, 6.45) is 0. The molecule has 0 aliphatic heterocycles. The molecule has 1 rings (SSSR count). The van der Waals surface area contributed by atoms with Crippen LogP contribution in [0.1, 0.15) is 44.9 Å². The van der Waals surface area contributed by atoms with Crippen molar-refractivity contribution < 1.29 is 4.21 Å². The summed E-state index contributed by atoms with van der Waals surface area (Å²) < 4.78 is 14.8. The van der Waals surface area contributed by atoms with Crippen molar-refractivity contribution in [2.24, 2.45) is 0 Å². The molecule has 0 spiro atoms. The molecule has 1 N–H and O–H groups in total. The standard InChI is InChI=1S/C13H21NOS/c1-10-7-6-8-12(9-10)11(2)14-16(15)13(3,4)5/h6-9,11,14H,1-5H3. The quantitative estimate of drug-likeness (QED) is 0.862. The molecule has 2 nitrogen and oxygen atoms in total. The van der Waals surface area contributed by atoms with Gasteiger partial charge in [-0.05, 0) is 40.2 Å². The number of hydrogen-bond donors (Lipinski definition) is 1. The number of nitrogens with one attached hydrogen (secondary N) is 1. The van der Waals surface area contributed by atoms with E-state index < -0.39 is 11.0 Å². The van der Waals surface area contributed by atoms with Gasteiger partial charge in [0.25, 0.3) is 0 Å². The smallest absolute Gasteiger partial charge is 0.0975 e. The van der Waals surface area contributed by atoms with Crippen LogP contribution in [0.2, 0.25) is 0 Å². The molecule has 0 aromatic heterocycles. The van der Waals surface area contributed by atoms with Crippen molar-refractivity contribution >= 4 is 11.0 Å². The topological polar surface area (TPSA) is 29.1 Å². The first-order valence-electron chi connectivity index (χ1n) is 5.55. The second kappa shape index (κ2) is 5.11. The van der Waals surface area contributed by atoms with E-state index in [2.05, 4.69) is 29.8 Å². The first-order valence-corrected chi connectivity index (χ1v) is 6.70. The van der Waals surface area contributed by atoms with Crippen molar-refractivity contribution in [1.82, 2.24) is 4.72 Å². The van der Waals surface area contributed by atoms with E-state index in [9.17, 15) is 4.21 Å². The largest absolute Gasteiger partial charge is 0.242 e. The zero-order chi connectivity index (χ0) is 12.3. The molecule has 3 heteroatoms. The molecule has 0 fully saturated rings. The average molecular weight is 239 g/mol. The monoisotopic (exact) mass is 239 g/mol. The minimum atomic E-state index is -1.02. The van der Waals surface area contributed by atoms with E-state index in [0.717, 1.165) is 0 Å². The summed E-state index contributed by atoms with van der Waals surface area (Å²) in [6.45, 7) is 10.0. The van der Waals surface area contributed by atoms with E-state index in [-0.39, 0.29) is 10.8 Å². The van der Waals surface area contributed by atoms with Crippen LogP contribution in [0.5, 0.6) is 0 Å². The molecule has 16 heavy (non-hydrogen) atoms. The Morgan fingerprint density at radius 3 is 2.44 bits per heavy atom. The van der Waals surface area contributed by atoms with Crippen LogP contribution in [-0.4, -0.2) is 8.96 Å². The maximum absolute atomic E-state index is 11.9. The Morgan fingerprint density at radius 1 is 1.31 bits per heavy atom. The van der Waals surface area contributed by atoms with Crippen LogP contribution in [-0.2, 0) is 11.0 Å². The SMILES string of the molecule is Cc1cccc(C(C)NS(=O)C(C)(C)C)c1. The van der Waals surface area contributed by atoms with Crippen LogP contribution in [0, 0.1) is 6.92 Å². The first kappa shape index (κ1) is 13.4. The minimum Gasteiger partial charge on any atom is -0.242 e. The minimum absolute atomic E-state index is 0.111. The molecule has 2 unspecified atom stereocenters. The zero-order valence-corrected chi connectivity index (χ0v) is 11.5. The molecule has 1 aromatic carbocycles. The summed E-state index contributed by atoms with van der Waals surface area (Å²) in [5.74, 6) is 0. The van der Waals surface area contributed by atoms with E-state index in [4.69, 9.17) is 0 Å². The lowest BCUT2D eigenvalue weighted by molar-refractivity contribution is 0.616. The first-order chi connectivity index (χ1) is 7.30. The maximum Gasteiger partial charge on any atom is 0.0975 e. The molecule has 0 saturated heterocycles. The highest BCUT2D eigenvalue weighted by Crippen LogP contribution is 2.17. The van der Waals surface area contributed by atoms with Gasteiger partial charge in [0, 0.05) is 6.04 Å². The second-order valence-electron chi connectivity index (χ2n) is 5.13. The maximum atomic E-state index is 11.9. The summed E-state index contributed by atoms with van der Waals surface area (Å²) in [5, 5.41) is 0. The molecule has 0 radical (unpaired) electrons. The highest BCUT2D eigenvalue weighted by molar-refractivity contribution is 7.84. The fourth-order valence-electron chi connectivity index (χ4n) is 1.34. The van der Waals surface area contributed by atoms with Crippen LogP contribution in [0.15, 0.2) is 24.3 Å². The van der Waals surface area contributed by atoms with Crippen molar-refractivity contribution in [3.8, 4) is 0 Å². The third-order valence-corrected chi connectivity index (χ3v) is 4.06. The highest BCUT2D eigenvalue weighted by Gasteiger charge is 2.21. The normalized spacial score (nSPS) is 15.8. The van der Waals surface area contributed by atoms with E-state index in [1.807, 2.05) is 33.8 Å². The van der Waals surface area contributed by atoms with Gasteiger partial charge in [0.05, 0.1) is 15.7 Å². The van der Waals surface area contributed by atoms with Gasteiger partial charge in [-0.1, -0.05) is 29.8 Å². The van der Waals surface area contributed by atoms with Crippen molar-refractivity contribution in [2.45, 2.75) is 45.4 Å². The number of rotatable bonds is 3. The lowest BCUT2D eigenvalue weighted by atomic mass is 10.1. The Hall–Kier alpha value is -0.670. The molecule has 0 aliphatic rings. The zero-order valence-electron chi connectivity index (χ0n) is 10.7. The third-order valence-electron chi connectivity index (χ3n) is 2.38. The van der Waals surface area contributed by atoms with Gasteiger partial charge in [-0.15, -0.1) is 0 Å². The summed E-state index contributed by atoms with van der Waals surface area (Å²) >= 11 is 0. The van der Waals surface area contributed by atoms with Crippen molar-refractivity contribution in [2.75, 3.05) is 0 Å². The van der Waals surface area contributed by atoms with E-state index >= 15 is 0 Å². The molecule has 1 aromatic rings. The Labute approximate surface area is 101 Å². The number of benzene rings is 1. The van der Waals surface area contributed by atoms with Crippen LogP contribution < -0.4 is 4.72 Å². The van der Waals surface area contributed by atoms with Gasteiger partial charge in [0.15, 0.2) is 0 Å². The van der Waals surface area contributed by atoms with Crippen LogP contribution in [0.4, 0.5) is 0 Å². The average Bonchev–Trinajstić information content (AvgIpc) is 2.16. The molecule has 0 heterocycles. The van der Waals surface area contributed by atoms with E-state index in [0.29, 0.717) is 0 Å². The van der Waals surface area contributed by atoms with Gasteiger partial charge in [-0.3, -0.25) is 0 Å². The molecular weight excluding hydrogens is 218 g/mol. The Bertz CT molecular complexity index is 382. The van der Waals surface area contributed by atoms with Crippen molar-refractivity contribution in [3.63, 3.8) is 0 Å². The summed E-state index contributed by atoms with van der Waals surface area (Å²) in [4.78, 5) is 0. The summed E-state index contributed by atoms with van der Waals surface area (Å²) in [7, 11) is -1.02. The van der Waals surface area contributed by atoms with E-state index in [1.165, 1.54) is 11.1 Å². The van der Waals surface area contributed by atoms with Gasteiger partial charge < -0.3 is 0 Å². The predicted octanol–water partition coefficient (Wildman–Crippen LogP) is 3.11. The Balaban J connectivity index is 2.73. The summed E-state index contributed by atoms with van der Waals surface area (Å²) in [6, 6.07) is 8.39. The van der Waals surface area contributed by atoms with Gasteiger partial charge >= 0.3 is 0 Å². The molecule has 0 saturated carbocycles. The Morgan fingerprint density at radius 2 is 1.94 bits per heavy atom. The van der Waals surface area contributed by atoms with E-state index in [1.54, 1.807) is 0 Å². The molecule has 0 bridgehead atoms. The van der Waals surface area contributed by atoms with Crippen molar-refractivity contribution in [1.29, 1.82) is 0 Å². The number of hydrogen-bond acceptors (Lipinski definition) is 1. The second-order valence-corrected chi connectivity index (χ2v) is 7.13. The summed E-state index contributed by atoms with van der Waals surface area (Å²) in [5.41, 5.74) is 2.41. The van der Waals surface area contributed by atoms with Crippen LogP contribution >= 0.6 is 0 Å². The number of aryl methyl sites for hydroxylation is 1. The fourth-order valence-corrected chi connectivity index (χ4v) is 2.16. The predicted molar refractivity (Wildman–Crippen MR) is 70.6 cm³/mol. The molecule has 0 amide bonds. The highest BCUT2D eigenvalue weighted by atomic mass is 32.2. The van der Waals surface area contributed by atoms with Gasteiger partial charge in [0.1, 0.15) is 0 Å². The van der Waals surface area contributed by atoms with Crippen LogP contribution in [0.3, 0.4) is 0 Å². The molecule has 90 valence electrons. The fraction of sp³-hybridized carbons (Fsp3) is 0.538. The van der Waals surface area contributed by atoms with Gasteiger partial charge in [0.2, 0.25) is 0 Å². The Kier molecular flexibility index (Phi) is 4.28. The molecule has 2 atom stereocenters. The van der Waals surface area contributed by atoms with Gasteiger partial charge in [-0.2, -0.15) is 0 Å². The van der Waals surface area contributed by atoms with Crippen molar-refractivity contribution in [3.05, 3.63) is 35.4 Å². The molecular formula is C13H21NOS. The molecule has 0 aliphatic carbocycles. The lowest BCUT2D eigenvalue weighted by Gasteiger charge is -2.22. The third kappa shape index (κ3) is 3.72. The lowest BCUT2D eigenvalue weighted by Crippen LogP contribution is -2.34.